The maximum atomic E-state index is 13.0. The molecule has 1 amide bonds. The van der Waals surface area contributed by atoms with Gasteiger partial charge < -0.3 is 23.7 Å². The summed E-state index contributed by atoms with van der Waals surface area (Å²) in [6.45, 7) is 4.34. The predicted octanol–water partition coefficient (Wildman–Crippen LogP) is 2.00. The zero-order valence-corrected chi connectivity index (χ0v) is 15.7. The predicted molar refractivity (Wildman–Crippen MR) is 91.9 cm³/mol. The van der Waals surface area contributed by atoms with Gasteiger partial charge >= 0.3 is 12.1 Å². The lowest BCUT2D eigenvalue weighted by atomic mass is 9.90. The summed E-state index contributed by atoms with van der Waals surface area (Å²) >= 11 is 0. The number of alkyl carbamates (subject to hydrolysis) is 1. The number of ether oxygens (including phenoxy) is 5. The van der Waals surface area contributed by atoms with Crippen LogP contribution >= 0.6 is 0 Å². The minimum atomic E-state index is -1.60. The van der Waals surface area contributed by atoms with E-state index in [2.05, 4.69) is 5.32 Å². The lowest BCUT2D eigenvalue weighted by Crippen LogP contribution is -2.33. The van der Waals surface area contributed by atoms with E-state index in [-0.39, 0.29) is 12.5 Å². The van der Waals surface area contributed by atoms with Gasteiger partial charge in [-0.15, -0.1) is 0 Å². The Labute approximate surface area is 156 Å². The Morgan fingerprint density at radius 3 is 2.48 bits per heavy atom. The van der Waals surface area contributed by atoms with Crippen LogP contribution in [0.1, 0.15) is 26.3 Å². The van der Waals surface area contributed by atoms with Gasteiger partial charge in [0.25, 0.3) is 5.78 Å². The minimum absolute atomic E-state index is 0.111. The van der Waals surface area contributed by atoms with E-state index in [1.807, 2.05) is 0 Å². The molecule has 0 fully saturated rings. The Bertz CT molecular complexity index is 801. The topological polar surface area (TPSA) is 109 Å². The number of methoxy groups -OCH3 is 2. The van der Waals surface area contributed by atoms with Gasteiger partial charge in [0.1, 0.15) is 11.5 Å². The Balaban J connectivity index is 2.46. The Hall–Kier alpha value is -3.23. The maximum Gasteiger partial charge on any atom is 0.414 e. The number of amides is 1. The van der Waals surface area contributed by atoms with Crippen LogP contribution in [-0.2, 0) is 29.4 Å². The van der Waals surface area contributed by atoms with Crippen LogP contribution in [0, 0.1) is 0 Å². The first kappa shape index (κ1) is 20.1. The number of benzene rings is 1. The molecular formula is C18H21NO8. The van der Waals surface area contributed by atoms with Gasteiger partial charge in [0.2, 0.25) is 17.2 Å². The molecular weight excluding hydrogens is 358 g/mol. The van der Waals surface area contributed by atoms with Crippen molar-refractivity contribution in [1.29, 1.82) is 0 Å². The number of hydrogen-bond donors (Lipinski definition) is 1. The van der Waals surface area contributed by atoms with Crippen molar-refractivity contribution >= 4 is 17.8 Å². The first-order valence-corrected chi connectivity index (χ1v) is 8.09. The van der Waals surface area contributed by atoms with Crippen LogP contribution in [0.25, 0.3) is 0 Å². The van der Waals surface area contributed by atoms with Gasteiger partial charge in [-0.2, -0.15) is 0 Å². The highest BCUT2D eigenvalue weighted by Crippen LogP contribution is 2.43. The molecule has 146 valence electrons. The number of ketones is 1. The van der Waals surface area contributed by atoms with Crippen LogP contribution in [0.5, 0.6) is 11.5 Å². The molecule has 2 rings (SSSR count). The second-order valence-electron chi connectivity index (χ2n) is 5.63. The van der Waals surface area contributed by atoms with E-state index in [0.717, 1.165) is 6.92 Å². The van der Waals surface area contributed by atoms with Crippen molar-refractivity contribution in [1.82, 2.24) is 5.32 Å². The van der Waals surface area contributed by atoms with Crippen LogP contribution in [0.4, 0.5) is 4.79 Å². The quantitative estimate of drug-likeness (QED) is 0.748. The summed E-state index contributed by atoms with van der Waals surface area (Å²) in [7, 11) is 2.92. The molecule has 1 aromatic rings. The number of Topliss-reactive ketones (excluding diaryl/α,β-unsaturated/α-hetero) is 1. The fourth-order valence-electron chi connectivity index (χ4n) is 2.57. The lowest BCUT2D eigenvalue weighted by Gasteiger charge is -2.25. The molecule has 0 bridgehead atoms. The molecule has 1 aliphatic rings. The first-order valence-electron chi connectivity index (χ1n) is 8.09. The maximum absolute atomic E-state index is 13.0. The molecule has 1 aromatic carbocycles. The van der Waals surface area contributed by atoms with Gasteiger partial charge in [-0.05, 0) is 26.0 Å². The molecule has 1 unspecified atom stereocenters. The summed E-state index contributed by atoms with van der Waals surface area (Å²) in [5.41, 5.74) is -1.24. The fraction of sp³-hybridized carbons (Fsp3) is 0.389. The van der Waals surface area contributed by atoms with E-state index < -0.39 is 29.2 Å². The van der Waals surface area contributed by atoms with E-state index in [1.165, 1.54) is 21.1 Å². The Morgan fingerprint density at radius 2 is 1.93 bits per heavy atom. The molecule has 0 saturated heterocycles. The van der Waals surface area contributed by atoms with E-state index in [9.17, 15) is 14.4 Å². The summed E-state index contributed by atoms with van der Waals surface area (Å²) in [6, 6.07) is 4.80. The molecule has 1 N–H and O–H groups in total. The van der Waals surface area contributed by atoms with Crippen molar-refractivity contribution in [2.45, 2.75) is 26.4 Å². The number of rotatable bonds is 6. The second kappa shape index (κ2) is 7.98. The Morgan fingerprint density at radius 1 is 1.22 bits per heavy atom. The van der Waals surface area contributed by atoms with E-state index in [1.54, 1.807) is 25.1 Å². The summed E-state index contributed by atoms with van der Waals surface area (Å²) in [5, 5.41) is 2.28. The van der Waals surface area contributed by atoms with Crippen LogP contribution in [0.15, 0.2) is 29.8 Å². The third kappa shape index (κ3) is 3.97. The summed E-state index contributed by atoms with van der Waals surface area (Å²) in [4.78, 5) is 36.2. The van der Waals surface area contributed by atoms with Crippen molar-refractivity contribution in [2.24, 2.45) is 0 Å². The average Bonchev–Trinajstić information content (AvgIpc) is 2.86. The lowest BCUT2D eigenvalue weighted by molar-refractivity contribution is -0.142. The fourth-order valence-corrected chi connectivity index (χ4v) is 2.57. The molecule has 0 aromatic heterocycles. The van der Waals surface area contributed by atoms with Crippen molar-refractivity contribution in [3.8, 4) is 11.5 Å². The van der Waals surface area contributed by atoms with Crippen molar-refractivity contribution in [3.63, 3.8) is 0 Å². The highest BCUT2D eigenvalue weighted by atomic mass is 16.6. The smallest absolute Gasteiger partial charge is 0.414 e. The summed E-state index contributed by atoms with van der Waals surface area (Å²) < 4.78 is 26.0. The molecule has 0 saturated carbocycles. The van der Waals surface area contributed by atoms with Crippen LogP contribution in [0.2, 0.25) is 0 Å². The second-order valence-corrected chi connectivity index (χ2v) is 5.63. The summed E-state index contributed by atoms with van der Waals surface area (Å²) in [5.74, 6) is -1.29. The van der Waals surface area contributed by atoms with Crippen LogP contribution in [-0.4, -0.2) is 38.7 Å². The standard InChI is InChI=1S/C18H21NO8/c1-6-25-17(22)19-16-14(26-10(2)20)15(21)18(3,27-16)12-8-7-11(23-4)9-13(12)24-5/h7-9H,6H2,1-5H3,(H,19,22). The zero-order valence-electron chi connectivity index (χ0n) is 15.7. The highest BCUT2D eigenvalue weighted by Gasteiger charge is 2.51. The van der Waals surface area contributed by atoms with Gasteiger partial charge in [-0.25, -0.2) is 4.79 Å². The normalized spacial score (nSPS) is 18.6. The zero-order chi connectivity index (χ0) is 20.2. The van der Waals surface area contributed by atoms with E-state index in [4.69, 9.17) is 23.7 Å². The third-order valence-electron chi connectivity index (χ3n) is 3.81. The number of esters is 1. The van der Waals surface area contributed by atoms with Crippen LogP contribution in [0.3, 0.4) is 0 Å². The molecule has 9 heteroatoms. The average molecular weight is 379 g/mol. The molecule has 0 aliphatic carbocycles. The van der Waals surface area contributed by atoms with Crippen molar-refractivity contribution < 1.29 is 38.1 Å². The van der Waals surface area contributed by atoms with Gasteiger partial charge in [0.15, 0.2) is 0 Å². The van der Waals surface area contributed by atoms with E-state index in [0.29, 0.717) is 17.1 Å². The number of nitrogens with one attached hydrogen (secondary N) is 1. The number of carbonyl (C=O) groups excluding carboxylic acids is 3. The van der Waals surface area contributed by atoms with E-state index >= 15 is 0 Å². The monoisotopic (exact) mass is 379 g/mol. The molecule has 9 nitrogen and oxygen atoms in total. The van der Waals surface area contributed by atoms with Gasteiger partial charge in [-0.3, -0.25) is 14.9 Å². The highest BCUT2D eigenvalue weighted by molar-refractivity contribution is 6.05. The molecule has 0 radical (unpaired) electrons. The first-order chi connectivity index (χ1) is 12.8. The van der Waals surface area contributed by atoms with Crippen molar-refractivity contribution in [3.05, 3.63) is 35.4 Å². The minimum Gasteiger partial charge on any atom is -0.497 e. The van der Waals surface area contributed by atoms with Crippen LogP contribution < -0.4 is 14.8 Å². The summed E-state index contributed by atoms with van der Waals surface area (Å²) in [6.07, 6.45) is -0.851. The number of hydrogen-bond acceptors (Lipinski definition) is 8. The Kier molecular flexibility index (Phi) is 5.94. The molecule has 1 heterocycles. The number of carbonyl (C=O) groups is 3. The molecule has 27 heavy (non-hydrogen) atoms. The SMILES string of the molecule is CCOC(=O)NC1=C(OC(C)=O)C(=O)C(C)(c2ccc(OC)cc2OC)O1. The third-order valence-corrected chi connectivity index (χ3v) is 3.81. The molecule has 1 atom stereocenters. The molecule has 1 aliphatic heterocycles. The molecule has 0 spiro atoms. The van der Waals surface area contributed by atoms with Gasteiger partial charge in [0.05, 0.1) is 20.8 Å². The largest absolute Gasteiger partial charge is 0.497 e. The van der Waals surface area contributed by atoms with Gasteiger partial charge in [-0.1, -0.05) is 0 Å². The van der Waals surface area contributed by atoms with Crippen molar-refractivity contribution in [2.75, 3.05) is 20.8 Å². The van der Waals surface area contributed by atoms with Gasteiger partial charge in [0, 0.05) is 18.6 Å².